The first-order chi connectivity index (χ1) is 11.3. The lowest BCUT2D eigenvalue weighted by Crippen LogP contribution is -2.36. The fraction of sp³-hybridized carbons (Fsp3) is 0.353. The highest BCUT2D eigenvalue weighted by Gasteiger charge is 2.16. The van der Waals surface area contributed by atoms with Crippen molar-refractivity contribution < 1.29 is 17.6 Å². The van der Waals surface area contributed by atoms with Gasteiger partial charge in [0, 0.05) is 11.6 Å². The molecular weight excluding hydrogens is 328 g/mol. The number of rotatable bonds is 7. The van der Waals surface area contributed by atoms with Crippen LogP contribution in [0.25, 0.3) is 0 Å². The molecule has 1 atom stereocenters. The van der Waals surface area contributed by atoms with Crippen LogP contribution in [0.5, 0.6) is 0 Å². The molecule has 2 N–H and O–H groups in total. The Morgan fingerprint density at radius 3 is 2.33 bits per heavy atom. The van der Waals surface area contributed by atoms with E-state index in [1.807, 2.05) is 20.8 Å². The minimum atomic E-state index is -3.66. The van der Waals surface area contributed by atoms with Crippen LogP contribution in [-0.4, -0.2) is 20.4 Å². The van der Waals surface area contributed by atoms with E-state index >= 15 is 0 Å². The van der Waals surface area contributed by atoms with Crippen molar-refractivity contribution >= 4 is 15.9 Å². The zero-order chi connectivity index (χ0) is 17.7. The van der Waals surface area contributed by atoms with Crippen molar-refractivity contribution in [3.63, 3.8) is 0 Å². The number of hydrogen-bond acceptors (Lipinski definition) is 4. The van der Waals surface area contributed by atoms with E-state index in [4.69, 9.17) is 4.42 Å². The first-order valence-corrected chi connectivity index (χ1v) is 9.21. The topological polar surface area (TPSA) is 88.4 Å². The summed E-state index contributed by atoms with van der Waals surface area (Å²) in [6.45, 7) is 6.04. The van der Waals surface area contributed by atoms with Crippen molar-refractivity contribution in [2.24, 2.45) is 5.92 Å². The molecule has 1 heterocycles. The van der Waals surface area contributed by atoms with Crippen molar-refractivity contribution in [2.75, 3.05) is 0 Å². The molecule has 24 heavy (non-hydrogen) atoms. The first-order valence-electron chi connectivity index (χ1n) is 7.72. The lowest BCUT2D eigenvalue weighted by Gasteiger charge is -2.17. The van der Waals surface area contributed by atoms with Crippen LogP contribution in [0, 0.1) is 5.92 Å². The predicted molar refractivity (Wildman–Crippen MR) is 90.9 cm³/mol. The number of amides is 1. The predicted octanol–water partition coefficient (Wildman–Crippen LogP) is 2.53. The number of benzene rings is 1. The summed E-state index contributed by atoms with van der Waals surface area (Å²) < 4.78 is 32.0. The molecule has 7 heteroatoms. The van der Waals surface area contributed by atoms with E-state index < -0.39 is 10.0 Å². The van der Waals surface area contributed by atoms with Gasteiger partial charge >= 0.3 is 0 Å². The molecule has 0 aliphatic heterocycles. The summed E-state index contributed by atoms with van der Waals surface area (Å²) in [5.41, 5.74) is 0.424. The minimum Gasteiger partial charge on any atom is -0.468 e. The van der Waals surface area contributed by atoms with Gasteiger partial charge in [-0.25, -0.2) is 13.1 Å². The molecule has 0 radical (unpaired) electrons. The van der Waals surface area contributed by atoms with Gasteiger partial charge in [0.1, 0.15) is 5.76 Å². The van der Waals surface area contributed by atoms with Gasteiger partial charge in [0.2, 0.25) is 10.0 Å². The number of furan rings is 1. The maximum absolute atomic E-state index is 12.2. The molecule has 2 rings (SSSR count). The van der Waals surface area contributed by atoms with E-state index in [1.165, 1.54) is 30.5 Å². The van der Waals surface area contributed by atoms with Crippen LogP contribution in [0.2, 0.25) is 0 Å². The van der Waals surface area contributed by atoms with E-state index in [-0.39, 0.29) is 23.4 Å². The number of carbonyl (C=O) groups is 1. The molecular formula is C17H22N2O4S. The van der Waals surface area contributed by atoms with Gasteiger partial charge in [-0.2, -0.15) is 0 Å². The standard InChI is InChI=1S/C17H22N2O4S/c1-12(2)13(3)19-17(20)14-6-8-16(9-7-14)24(21,22)18-11-15-5-4-10-23-15/h4-10,12-13,18H,11H2,1-3H3,(H,19,20). The van der Waals surface area contributed by atoms with Gasteiger partial charge < -0.3 is 9.73 Å². The van der Waals surface area contributed by atoms with Crippen LogP contribution in [0.15, 0.2) is 52.0 Å². The van der Waals surface area contributed by atoms with E-state index in [9.17, 15) is 13.2 Å². The molecule has 0 spiro atoms. The molecule has 0 fully saturated rings. The maximum Gasteiger partial charge on any atom is 0.251 e. The van der Waals surface area contributed by atoms with Crippen LogP contribution in [0.1, 0.15) is 36.9 Å². The zero-order valence-corrected chi connectivity index (χ0v) is 14.8. The van der Waals surface area contributed by atoms with E-state index in [0.717, 1.165) is 0 Å². The average molecular weight is 350 g/mol. The van der Waals surface area contributed by atoms with Gasteiger partial charge in [0.25, 0.3) is 5.91 Å². The quantitative estimate of drug-likeness (QED) is 0.803. The lowest BCUT2D eigenvalue weighted by atomic mass is 10.1. The second-order valence-corrected chi connectivity index (χ2v) is 7.70. The molecule has 2 aromatic rings. The van der Waals surface area contributed by atoms with Crippen molar-refractivity contribution in [1.82, 2.24) is 10.0 Å². The summed E-state index contributed by atoms with van der Waals surface area (Å²) in [7, 11) is -3.66. The molecule has 0 aliphatic rings. The Kier molecular flexibility index (Phi) is 5.80. The fourth-order valence-corrected chi connectivity index (χ4v) is 2.90. The van der Waals surface area contributed by atoms with Gasteiger partial charge in [0.05, 0.1) is 17.7 Å². The SMILES string of the molecule is CC(C)C(C)NC(=O)c1ccc(S(=O)(=O)NCc2ccco2)cc1. The first kappa shape index (κ1) is 18.2. The van der Waals surface area contributed by atoms with Gasteiger partial charge in [-0.05, 0) is 49.2 Å². The average Bonchev–Trinajstić information content (AvgIpc) is 3.06. The maximum atomic E-state index is 12.2. The van der Waals surface area contributed by atoms with Crippen LogP contribution in [0.4, 0.5) is 0 Å². The summed E-state index contributed by atoms with van der Waals surface area (Å²) in [6, 6.07) is 9.25. The summed E-state index contributed by atoms with van der Waals surface area (Å²) in [6.07, 6.45) is 1.48. The Hall–Kier alpha value is -2.12. The molecule has 1 aromatic heterocycles. The summed E-state index contributed by atoms with van der Waals surface area (Å²) in [5.74, 6) is 0.625. The lowest BCUT2D eigenvalue weighted by molar-refractivity contribution is 0.0930. The molecule has 6 nitrogen and oxygen atoms in total. The Bertz CT molecular complexity index is 765. The number of nitrogens with one attached hydrogen (secondary N) is 2. The minimum absolute atomic E-state index is 0.0378. The molecule has 130 valence electrons. The Morgan fingerprint density at radius 1 is 1.12 bits per heavy atom. The largest absolute Gasteiger partial charge is 0.468 e. The normalized spacial score (nSPS) is 13.0. The molecule has 1 amide bonds. The highest BCUT2D eigenvalue weighted by molar-refractivity contribution is 7.89. The molecule has 0 aliphatic carbocycles. The van der Waals surface area contributed by atoms with Gasteiger partial charge in [-0.3, -0.25) is 4.79 Å². The number of carbonyl (C=O) groups excluding carboxylic acids is 1. The third-order valence-corrected chi connectivity index (χ3v) is 5.22. The van der Waals surface area contributed by atoms with Gasteiger partial charge in [0.15, 0.2) is 0 Å². The van der Waals surface area contributed by atoms with Crippen molar-refractivity contribution in [1.29, 1.82) is 0 Å². The number of sulfonamides is 1. The van der Waals surface area contributed by atoms with Crippen molar-refractivity contribution in [2.45, 2.75) is 38.3 Å². The Morgan fingerprint density at radius 2 is 1.79 bits per heavy atom. The summed E-state index contributed by atoms with van der Waals surface area (Å²) in [4.78, 5) is 12.2. The third-order valence-electron chi connectivity index (χ3n) is 3.80. The van der Waals surface area contributed by atoms with Crippen LogP contribution in [0.3, 0.4) is 0 Å². The fourth-order valence-electron chi connectivity index (χ4n) is 1.90. The van der Waals surface area contributed by atoms with E-state index in [0.29, 0.717) is 17.2 Å². The third kappa shape index (κ3) is 4.69. The molecule has 0 saturated heterocycles. The summed E-state index contributed by atoms with van der Waals surface area (Å²) in [5, 5.41) is 2.88. The zero-order valence-electron chi connectivity index (χ0n) is 13.9. The van der Waals surface area contributed by atoms with E-state index in [1.54, 1.807) is 12.1 Å². The number of hydrogen-bond donors (Lipinski definition) is 2. The van der Waals surface area contributed by atoms with Crippen LogP contribution in [-0.2, 0) is 16.6 Å². The monoisotopic (exact) mass is 350 g/mol. The van der Waals surface area contributed by atoms with Crippen LogP contribution >= 0.6 is 0 Å². The Balaban J connectivity index is 2.03. The van der Waals surface area contributed by atoms with Crippen molar-refractivity contribution in [3.8, 4) is 0 Å². The van der Waals surface area contributed by atoms with Crippen LogP contribution < -0.4 is 10.0 Å². The highest BCUT2D eigenvalue weighted by Crippen LogP contribution is 2.12. The second-order valence-electron chi connectivity index (χ2n) is 5.93. The van der Waals surface area contributed by atoms with Gasteiger partial charge in [-0.15, -0.1) is 0 Å². The molecule has 1 aromatic carbocycles. The summed E-state index contributed by atoms with van der Waals surface area (Å²) >= 11 is 0. The van der Waals surface area contributed by atoms with Crippen molar-refractivity contribution in [3.05, 3.63) is 54.0 Å². The Labute approximate surface area is 142 Å². The smallest absolute Gasteiger partial charge is 0.251 e. The molecule has 1 unspecified atom stereocenters. The van der Waals surface area contributed by atoms with E-state index in [2.05, 4.69) is 10.0 Å². The molecule has 0 saturated carbocycles. The van der Waals surface area contributed by atoms with Gasteiger partial charge in [-0.1, -0.05) is 13.8 Å². The highest BCUT2D eigenvalue weighted by atomic mass is 32.2. The molecule has 0 bridgehead atoms. The second kappa shape index (κ2) is 7.63.